The molecule has 0 aliphatic carbocycles. The van der Waals surface area contributed by atoms with E-state index in [9.17, 15) is 0 Å². The molecule has 1 rings (SSSR count). The second kappa shape index (κ2) is 3.50. The molecule has 0 aliphatic rings. The largest absolute Gasteiger partial charge is 0.370 e. The Morgan fingerprint density at radius 2 is 2.45 bits per heavy atom. The molecule has 5 nitrogen and oxygen atoms in total. The number of hydrazone groups is 1. The zero-order valence-corrected chi connectivity index (χ0v) is 6.15. The zero-order valence-electron chi connectivity index (χ0n) is 6.15. The first-order valence-electron chi connectivity index (χ1n) is 3.10. The van der Waals surface area contributed by atoms with Gasteiger partial charge in [0.2, 0.25) is 0 Å². The summed E-state index contributed by atoms with van der Waals surface area (Å²) in [7, 11) is 1.72. The average molecular weight is 151 g/mol. The lowest BCUT2D eigenvalue weighted by Gasteiger charge is -2.00. The van der Waals surface area contributed by atoms with Gasteiger partial charge in [0.25, 0.3) is 0 Å². The van der Waals surface area contributed by atoms with Crippen LogP contribution < -0.4 is 11.2 Å². The number of hydrogen-bond acceptors (Lipinski definition) is 4. The quantitative estimate of drug-likeness (QED) is 0.241. The molecular weight excluding hydrogens is 142 g/mol. The smallest absolute Gasteiger partial charge is 0.172 e. The van der Waals surface area contributed by atoms with E-state index in [-0.39, 0.29) is 0 Å². The molecule has 0 aromatic carbocycles. The maximum absolute atomic E-state index is 5.07. The predicted molar refractivity (Wildman–Crippen MR) is 41.8 cm³/mol. The Balaban J connectivity index is 2.92. The first-order valence-corrected chi connectivity index (χ1v) is 3.10. The molecule has 0 atom stereocenters. The van der Waals surface area contributed by atoms with Gasteiger partial charge in [-0.3, -0.25) is 4.98 Å². The molecule has 1 aromatic heterocycles. The van der Waals surface area contributed by atoms with E-state index in [1.165, 1.54) is 0 Å². The van der Waals surface area contributed by atoms with Crippen molar-refractivity contribution in [2.75, 3.05) is 7.05 Å². The molecule has 0 fully saturated rings. The summed E-state index contributed by atoms with van der Waals surface area (Å²) < 4.78 is 0. The van der Waals surface area contributed by atoms with Crippen LogP contribution in [0, 0.1) is 0 Å². The Morgan fingerprint density at radius 3 is 2.91 bits per heavy atom. The van der Waals surface area contributed by atoms with Crippen molar-refractivity contribution in [1.82, 2.24) is 15.3 Å². The third kappa shape index (κ3) is 1.64. The molecule has 5 heteroatoms. The fourth-order valence-corrected chi connectivity index (χ4v) is 0.680. The van der Waals surface area contributed by atoms with Gasteiger partial charge in [0, 0.05) is 19.4 Å². The Hall–Kier alpha value is -1.65. The van der Waals surface area contributed by atoms with Crippen molar-refractivity contribution in [2.24, 2.45) is 10.9 Å². The first kappa shape index (κ1) is 7.46. The summed E-state index contributed by atoms with van der Waals surface area (Å²) in [6.45, 7) is 0. The Kier molecular flexibility index (Phi) is 2.37. The highest BCUT2D eigenvalue weighted by Gasteiger charge is 1.99. The second-order valence-electron chi connectivity index (χ2n) is 1.82. The van der Waals surface area contributed by atoms with E-state index in [1.807, 2.05) is 0 Å². The molecule has 1 aromatic rings. The van der Waals surface area contributed by atoms with Gasteiger partial charge < -0.3 is 11.2 Å². The molecule has 0 saturated carbocycles. The van der Waals surface area contributed by atoms with Crippen molar-refractivity contribution in [2.45, 2.75) is 0 Å². The number of amidine groups is 1. The van der Waals surface area contributed by atoms with Crippen LogP contribution in [-0.2, 0) is 0 Å². The number of nitrogens with zero attached hydrogens (tertiary/aromatic N) is 3. The molecule has 0 amide bonds. The topological polar surface area (TPSA) is 76.2 Å². The fraction of sp³-hybridized carbons (Fsp3) is 0.167. The normalized spacial score (nSPS) is 11.2. The highest BCUT2D eigenvalue weighted by Crippen LogP contribution is 1.88. The van der Waals surface area contributed by atoms with Crippen LogP contribution in [0.2, 0.25) is 0 Å². The van der Waals surface area contributed by atoms with E-state index in [4.69, 9.17) is 5.84 Å². The molecule has 3 N–H and O–H groups in total. The van der Waals surface area contributed by atoms with Gasteiger partial charge >= 0.3 is 0 Å². The summed E-state index contributed by atoms with van der Waals surface area (Å²) in [4.78, 5) is 7.85. The summed E-state index contributed by atoms with van der Waals surface area (Å²) in [5.74, 6) is 5.60. The fourth-order valence-electron chi connectivity index (χ4n) is 0.680. The molecule has 1 heterocycles. The molecular formula is C6H9N5. The maximum atomic E-state index is 5.07. The number of rotatable bonds is 1. The van der Waals surface area contributed by atoms with Crippen molar-refractivity contribution in [3.05, 3.63) is 24.3 Å². The number of aromatic nitrogens is 2. The minimum atomic E-state index is 0.526. The SMILES string of the molecule is CN/C(=N\N)c1cnccn1. The zero-order chi connectivity index (χ0) is 8.10. The molecule has 0 aliphatic heterocycles. The van der Waals surface area contributed by atoms with Crippen LogP contribution in [0.1, 0.15) is 5.69 Å². The monoisotopic (exact) mass is 151 g/mol. The molecule has 0 radical (unpaired) electrons. The molecule has 58 valence electrons. The van der Waals surface area contributed by atoms with Gasteiger partial charge in [-0.2, -0.15) is 5.10 Å². The van der Waals surface area contributed by atoms with Gasteiger partial charge in [0.05, 0.1) is 6.20 Å². The van der Waals surface area contributed by atoms with Crippen LogP contribution >= 0.6 is 0 Å². The van der Waals surface area contributed by atoms with Crippen LogP contribution in [0.25, 0.3) is 0 Å². The summed E-state index contributed by atoms with van der Waals surface area (Å²) in [6, 6.07) is 0. The van der Waals surface area contributed by atoms with Crippen molar-refractivity contribution < 1.29 is 0 Å². The lowest BCUT2D eigenvalue weighted by Crippen LogP contribution is -2.22. The van der Waals surface area contributed by atoms with Crippen LogP contribution in [0.4, 0.5) is 0 Å². The average Bonchev–Trinajstić information content (AvgIpc) is 2.09. The van der Waals surface area contributed by atoms with E-state index in [0.717, 1.165) is 0 Å². The van der Waals surface area contributed by atoms with E-state index in [1.54, 1.807) is 25.6 Å². The third-order valence-corrected chi connectivity index (χ3v) is 1.17. The van der Waals surface area contributed by atoms with Gasteiger partial charge in [0.1, 0.15) is 5.69 Å². The molecule has 0 unspecified atom stereocenters. The van der Waals surface area contributed by atoms with Gasteiger partial charge in [-0.1, -0.05) is 0 Å². The molecule has 0 bridgehead atoms. The van der Waals surface area contributed by atoms with E-state index in [0.29, 0.717) is 11.5 Å². The summed E-state index contributed by atoms with van der Waals surface area (Å²) in [6.07, 6.45) is 4.76. The Bertz CT molecular complexity index is 242. The molecule has 0 saturated heterocycles. The number of nitrogens with one attached hydrogen (secondary N) is 1. The predicted octanol–water partition coefficient (Wildman–Crippen LogP) is -0.684. The standard InChI is InChI=1S/C6H9N5/c1-8-6(11-7)5-4-9-2-3-10-5/h2-4H,7H2,1H3,(H,8,11). The van der Waals surface area contributed by atoms with Gasteiger partial charge in [-0.05, 0) is 0 Å². The Morgan fingerprint density at radius 1 is 1.64 bits per heavy atom. The van der Waals surface area contributed by atoms with Crippen molar-refractivity contribution >= 4 is 5.84 Å². The van der Waals surface area contributed by atoms with E-state index >= 15 is 0 Å². The molecule has 0 spiro atoms. The van der Waals surface area contributed by atoms with Crippen LogP contribution in [0.15, 0.2) is 23.7 Å². The van der Waals surface area contributed by atoms with E-state index in [2.05, 4.69) is 20.4 Å². The summed E-state index contributed by atoms with van der Waals surface area (Å²) >= 11 is 0. The highest BCUT2D eigenvalue weighted by atomic mass is 15.2. The highest BCUT2D eigenvalue weighted by molar-refractivity contribution is 5.96. The Labute approximate surface area is 64.4 Å². The lowest BCUT2D eigenvalue weighted by atomic mass is 10.4. The van der Waals surface area contributed by atoms with Crippen LogP contribution in [0.3, 0.4) is 0 Å². The van der Waals surface area contributed by atoms with Gasteiger partial charge in [-0.15, -0.1) is 0 Å². The lowest BCUT2D eigenvalue weighted by molar-refractivity contribution is 1.07. The summed E-state index contributed by atoms with van der Waals surface area (Å²) in [5, 5.41) is 6.27. The molecule has 11 heavy (non-hydrogen) atoms. The second-order valence-corrected chi connectivity index (χ2v) is 1.82. The minimum Gasteiger partial charge on any atom is -0.370 e. The van der Waals surface area contributed by atoms with Gasteiger partial charge in [0.15, 0.2) is 5.84 Å². The van der Waals surface area contributed by atoms with Crippen molar-refractivity contribution in [3.8, 4) is 0 Å². The summed E-state index contributed by atoms with van der Waals surface area (Å²) in [5.41, 5.74) is 0.637. The number of hydrogen-bond donors (Lipinski definition) is 2. The van der Waals surface area contributed by atoms with Crippen LogP contribution in [-0.4, -0.2) is 22.9 Å². The minimum absolute atomic E-state index is 0.526. The van der Waals surface area contributed by atoms with Crippen molar-refractivity contribution in [3.63, 3.8) is 0 Å². The van der Waals surface area contributed by atoms with Crippen molar-refractivity contribution in [1.29, 1.82) is 0 Å². The third-order valence-electron chi connectivity index (χ3n) is 1.17. The maximum Gasteiger partial charge on any atom is 0.172 e. The van der Waals surface area contributed by atoms with E-state index < -0.39 is 0 Å². The first-order chi connectivity index (χ1) is 5.38. The van der Waals surface area contributed by atoms with Crippen LogP contribution in [0.5, 0.6) is 0 Å². The van der Waals surface area contributed by atoms with Gasteiger partial charge in [-0.25, -0.2) is 4.98 Å². The number of nitrogens with two attached hydrogens (primary N) is 1.